The number of esters is 1. The Balaban J connectivity index is 1.50. The number of allylic oxidation sites excluding steroid dienone is 1. The molecule has 0 bridgehead atoms. The van der Waals surface area contributed by atoms with Gasteiger partial charge in [0.2, 0.25) is 5.95 Å². The zero-order valence-corrected chi connectivity index (χ0v) is 19.7. The van der Waals surface area contributed by atoms with Gasteiger partial charge in [-0.2, -0.15) is 0 Å². The largest absolute Gasteiger partial charge is 0.489 e. The van der Waals surface area contributed by atoms with E-state index in [0.29, 0.717) is 30.4 Å². The number of carbonyl (C=O) groups excluding carboxylic acids is 1. The van der Waals surface area contributed by atoms with Crippen LogP contribution in [0.25, 0.3) is 11.0 Å². The van der Waals surface area contributed by atoms with Gasteiger partial charge in [0, 0.05) is 12.8 Å². The molecule has 35 heavy (non-hydrogen) atoms. The van der Waals surface area contributed by atoms with Gasteiger partial charge in [0.15, 0.2) is 0 Å². The predicted molar refractivity (Wildman–Crippen MR) is 134 cm³/mol. The molecule has 7 heteroatoms. The molecular formula is C28H27N3O4. The number of rotatable bonds is 8. The zero-order chi connectivity index (χ0) is 24.2. The first kappa shape index (κ1) is 22.7. The van der Waals surface area contributed by atoms with E-state index in [9.17, 15) is 4.79 Å². The molecule has 0 saturated carbocycles. The SMILES string of the molecule is COCCOC(=O)C1=C(C)Nc2nc3ccccc3n2[C@@H]1c1ccc(OCc2ccccc2)cc1. The first-order valence-corrected chi connectivity index (χ1v) is 11.5. The van der Waals surface area contributed by atoms with Crippen molar-refractivity contribution < 1.29 is 19.0 Å². The fourth-order valence-corrected chi connectivity index (χ4v) is 4.33. The van der Waals surface area contributed by atoms with E-state index < -0.39 is 6.04 Å². The molecule has 3 aromatic carbocycles. The molecule has 0 unspecified atom stereocenters. The number of para-hydroxylation sites is 2. The molecule has 1 aromatic heterocycles. The van der Waals surface area contributed by atoms with Crippen molar-refractivity contribution in [1.29, 1.82) is 0 Å². The Bertz CT molecular complexity index is 1360. The first-order chi connectivity index (χ1) is 17.2. The third-order valence-corrected chi connectivity index (χ3v) is 6.02. The van der Waals surface area contributed by atoms with Crippen LogP contribution in [-0.2, 0) is 20.9 Å². The number of hydrogen-bond donors (Lipinski definition) is 1. The summed E-state index contributed by atoms with van der Waals surface area (Å²) < 4.78 is 18.6. The molecule has 0 fully saturated rings. The average Bonchev–Trinajstić information content (AvgIpc) is 3.25. The lowest BCUT2D eigenvalue weighted by atomic mass is 9.95. The van der Waals surface area contributed by atoms with E-state index in [1.54, 1.807) is 7.11 Å². The van der Waals surface area contributed by atoms with Crippen LogP contribution in [0, 0.1) is 0 Å². The topological polar surface area (TPSA) is 74.6 Å². The van der Waals surface area contributed by atoms with Gasteiger partial charge < -0.3 is 19.5 Å². The summed E-state index contributed by atoms with van der Waals surface area (Å²) >= 11 is 0. The number of carbonyl (C=O) groups is 1. The van der Waals surface area contributed by atoms with Crippen LogP contribution in [0.1, 0.15) is 24.1 Å². The second kappa shape index (κ2) is 10.0. The zero-order valence-electron chi connectivity index (χ0n) is 19.7. The van der Waals surface area contributed by atoms with E-state index >= 15 is 0 Å². The van der Waals surface area contributed by atoms with E-state index in [0.717, 1.165) is 27.9 Å². The van der Waals surface area contributed by atoms with Crippen LogP contribution in [0.2, 0.25) is 0 Å². The van der Waals surface area contributed by atoms with Gasteiger partial charge in [-0.05, 0) is 42.3 Å². The van der Waals surface area contributed by atoms with Gasteiger partial charge in [0.25, 0.3) is 0 Å². The van der Waals surface area contributed by atoms with Crippen molar-refractivity contribution in [2.75, 3.05) is 25.6 Å². The summed E-state index contributed by atoms with van der Waals surface area (Å²) in [6.07, 6.45) is 0. The highest BCUT2D eigenvalue weighted by atomic mass is 16.6. The second-order valence-corrected chi connectivity index (χ2v) is 8.33. The van der Waals surface area contributed by atoms with E-state index in [2.05, 4.69) is 9.88 Å². The molecule has 1 N–H and O–H groups in total. The van der Waals surface area contributed by atoms with Crippen LogP contribution < -0.4 is 10.1 Å². The quantitative estimate of drug-likeness (QED) is 0.286. The van der Waals surface area contributed by atoms with Crippen LogP contribution >= 0.6 is 0 Å². The summed E-state index contributed by atoms with van der Waals surface area (Å²) in [4.78, 5) is 18.0. The van der Waals surface area contributed by atoms with Crippen molar-refractivity contribution in [3.63, 3.8) is 0 Å². The van der Waals surface area contributed by atoms with Crippen LogP contribution in [0.5, 0.6) is 5.75 Å². The predicted octanol–water partition coefficient (Wildman–Crippen LogP) is 5.09. The Morgan fingerprint density at radius 3 is 2.49 bits per heavy atom. The van der Waals surface area contributed by atoms with Gasteiger partial charge in [-0.25, -0.2) is 9.78 Å². The van der Waals surface area contributed by atoms with Crippen molar-refractivity contribution in [2.45, 2.75) is 19.6 Å². The highest BCUT2D eigenvalue weighted by molar-refractivity contribution is 5.94. The molecule has 5 rings (SSSR count). The number of nitrogens with one attached hydrogen (secondary N) is 1. The van der Waals surface area contributed by atoms with Gasteiger partial charge >= 0.3 is 5.97 Å². The van der Waals surface area contributed by atoms with E-state index in [4.69, 9.17) is 19.2 Å². The van der Waals surface area contributed by atoms with E-state index in [1.807, 2.05) is 85.8 Å². The number of anilines is 1. The van der Waals surface area contributed by atoms with Crippen LogP contribution in [-0.4, -0.2) is 35.8 Å². The molecule has 0 spiro atoms. The molecule has 1 aliphatic heterocycles. The highest BCUT2D eigenvalue weighted by Gasteiger charge is 2.35. The normalized spacial score (nSPS) is 15.0. The number of methoxy groups -OCH3 is 1. The summed E-state index contributed by atoms with van der Waals surface area (Å²) in [6.45, 7) is 2.88. The van der Waals surface area contributed by atoms with Gasteiger partial charge in [0.1, 0.15) is 19.0 Å². The molecule has 178 valence electrons. The smallest absolute Gasteiger partial charge is 0.338 e. The minimum absolute atomic E-state index is 0.183. The summed E-state index contributed by atoms with van der Waals surface area (Å²) in [7, 11) is 1.58. The molecule has 0 saturated heterocycles. The van der Waals surface area contributed by atoms with Gasteiger partial charge in [-0.1, -0.05) is 54.6 Å². The molecule has 0 radical (unpaired) electrons. The molecule has 7 nitrogen and oxygen atoms in total. The van der Waals surface area contributed by atoms with Crippen molar-refractivity contribution >= 4 is 23.0 Å². The second-order valence-electron chi connectivity index (χ2n) is 8.33. The highest BCUT2D eigenvalue weighted by Crippen LogP contribution is 2.39. The Morgan fingerprint density at radius 2 is 1.71 bits per heavy atom. The lowest BCUT2D eigenvalue weighted by Gasteiger charge is -2.30. The number of imidazole rings is 1. The van der Waals surface area contributed by atoms with Crippen molar-refractivity contribution in [2.24, 2.45) is 0 Å². The summed E-state index contributed by atoms with van der Waals surface area (Å²) in [5.74, 6) is 1.06. The third-order valence-electron chi connectivity index (χ3n) is 6.02. The van der Waals surface area contributed by atoms with Gasteiger partial charge in [0.05, 0.1) is 29.3 Å². The number of fused-ring (bicyclic) bond motifs is 3. The maximum Gasteiger partial charge on any atom is 0.338 e. The molecular weight excluding hydrogens is 442 g/mol. The van der Waals surface area contributed by atoms with Crippen LogP contribution in [0.4, 0.5) is 5.95 Å². The lowest BCUT2D eigenvalue weighted by molar-refractivity contribution is -0.140. The summed E-state index contributed by atoms with van der Waals surface area (Å²) in [5.41, 5.74) is 5.06. The average molecular weight is 470 g/mol. The molecule has 2 heterocycles. The number of benzene rings is 3. The van der Waals surface area contributed by atoms with Crippen LogP contribution in [0.15, 0.2) is 90.1 Å². The number of hydrogen-bond acceptors (Lipinski definition) is 6. The molecule has 1 atom stereocenters. The number of aromatic nitrogens is 2. The summed E-state index contributed by atoms with van der Waals surface area (Å²) in [6, 6.07) is 25.4. The molecule has 0 amide bonds. The monoisotopic (exact) mass is 469 g/mol. The van der Waals surface area contributed by atoms with Gasteiger partial charge in [-0.3, -0.25) is 4.57 Å². The van der Waals surface area contributed by atoms with Crippen molar-refractivity contribution in [3.8, 4) is 5.75 Å². The Morgan fingerprint density at radius 1 is 0.971 bits per heavy atom. The Kier molecular flexibility index (Phi) is 6.50. The fourth-order valence-electron chi connectivity index (χ4n) is 4.33. The third kappa shape index (κ3) is 4.63. The van der Waals surface area contributed by atoms with Crippen molar-refractivity contribution in [1.82, 2.24) is 9.55 Å². The molecule has 4 aromatic rings. The van der Waals surface area contributed by atoms with Gasteiger partial charge in [-0.15, -0.1) is 0 Å². The summed E-state index contributed by atoms with van der Waals surface area (Å²) in [5, 5.41) is 3.29. The van der Waals surface area contributed by atoms with Crippen molar-refractivity contribution in [3.05, 3.63) is 101 Å². The molecule has 0 aliphatic carbocycles. The minimum atomic E-state index is -0.406. The fraction of sp³-hybridized carbons (Fsp3) is 0.214. The van der Waals surface area contributed by atoms with Crippen LogP contribution in [0.3, 0.4) is 0 Å². The molecule has 1 aliphatic rings. The maximum atomic E-state index is 13.2. The Hall–Kier alpha value is -4.10. The van der Waals surface area contributed by atoms with E-state index in [1.165, 1.54) is 0 Å². The van der Waals surface area contributed by atoms with E-state index in [-0.39, 0.29) is 12.6 Å². The number of nitrogens with zero attached hydrogens (tertiary/aromatic N) is 2. The first-order valence-electron chi connectivity index (χ1n) is 11.5. The minimum Gasteiger partial charge on any atom is -0.489 e. The maximum absolute atomic E-state index is 13.2. The number of ether oxygens (including phenoxy) is 3. The Labute approximate surface area is 204 Å². The standard InChI is InChI=1S/C28H27N3O4/c1-19-25(27(32)34-17-16-33-2)26(31-24-11-7-6-10-23(24)30-28(31)29-19)21-12-14-22(15-13-21)35-18-20-8-4-3-5-9-20/h3-15,26H,16-18H2,1-2H3,(H,29,30)/t26-/m1/s1. The lowest BCUT2D eigenvalue weighted by Crippen LogP contribution is -2.29.